The molecule has 0 bridgehead atoms. The molecule has 0 fully saturated rings. The summed E-state index contributed by atoms with van der Waals surface area (Å²) in [7, 11) is 6.14. The first-order valence-corrected chi connectivity index (χ1v) is 41.4. The number of rotatable bonds is 4. The summed E-state index contributed by atoms with van der Waals surface area (Å²) in [5.74, 6) is 5.72. The molecule has 20 aromatic heterocycles. The molecule has 0 aliphatic carbocycles. The maximum Gasteiger partial charge on any atom is 0.344 e. The van der Waals surface area contributed by atoms with Gasteiger partial charge in [0.25, 0.3) is 34.4 Å². The molecule has 29 rings (SSSR count). The molecule has 5 aliphatic heterocycles. The van der Waals surface area contributed by atoms with Crippen molar-refractivity contribution in [1.82, 2.24) is 86.4 Å². The van der Waals surface area contributed by atoms with Gasteiger partial charge in [0.05, 0.1) is 130 Å². The fraction of sp³-hybridized carbons (Fsp3) is 0.0918. The molecule has 0 saturated carbocycles. The minimum absolute atomic E-state index is 0.627. The van der Waals surface area contributed by atoms with E-state index in [2.05, 4.69) is 260 Å². The summed E-state index contributed by atoms with van der Waals surface area (Å²) in [6.45, 7) is 1.89. The molecule has 25 heterocycles. The first kappa shape index (κ1) is 66.8. The van der Waals surface area contributed by atoms with Crippen molar-refractivity contribution in [1.29, 1.82) is 0 Å². The zero-order valence-electron chi connectivity index (χ0n) is 69.5. The molecular formula is C98H72N23OS+5. The number of pyridine rings is 10. The van der Waals surface area contributed by atoms with E-state index in [0.717, 1.165) is 110 Å². The molecular weight excluding hydrogens is 1550 g/mol. The normalized spacial score (nSPS) is 13.2. The monoisotopic (exact) mass is 1620 g/mol. The molecule has 0 N–H and O–H groups in total. The minimum Gasteiger partial charge on any atom is -0.417 e. The Morgan fingerprint density at radius 1 is 0.341 bits per heavy atom. The standard InChI is InChI=1S/C26H18N5.C20H13N4O.C20H13N4S.2C16H14N5/c1-3-7-19(8-4-1)30-23-16-28-14-12-21(23)24-26(30)31(20-9-5-2-6-10-20)25-22-15-27-13-11-18(22)17-29(24)25;2*1-2-4-14(5-3-1)24-19-16-10-21-8-6-13(16)12-23(19)18-15-7-9-22-11-17(15)25-20(18)24;2*1-19-13-8-18-6-4-11(13)14-16(19)20(2)15-12-7-17-5-3-10(12)9-21(14)15/h1-16H,17H2;2*1-11H,12H2;2*3-8H,9H2,1-2H3/q5*+1/i;;;1D3;. The summed E-state index contributed by atoms with van der Waals surface area (Å²) >= 11 is 1.80. The van der Waals surface area contributed by atoms with Crippen molar-refractivity contribution in [2.75, 3.05) is 0 Å². The van der Waals surface area contributed by atoms with E-state index in [1.165, 1.54) is 126 Å². The topological polar surface area (TPSA) is 201 Å². The second kappa shape index (κ2) is 27.2. The molecule has 0 saturated heterocycles. The predicted octanol–water partition coefficient (Wildman–Crippen LogP) is 15.7. The molecule has 123 heavy (non-hydrogen) atoms. The Kier molecular flexibility index (Phi) is 14.8. The van der Waals surface area contributed by atoms with Crippen molar-refractivity contribution in [3.63, 3.8) is 0 Å². The van der Waals surface area contributed by atoms with Crippen LogP contribution in [0.1, 0.15) is 31.9 Å². The number of hydrogen-bond acceptors (Lipinski definition) is 12. The highest BCUT2D eigenvalue weighted by atomic mass is 32.1. The summed E-state index contributed by atoms with van der Waals surface area (Å²) in [5.41, 5.74) is 30.2. The van der Waals surface area contributed by atoms with Gasteiger partial charge in [-0.1, -0.05) is 84.1 Å². The fourth-order valence-electron chi connectivity index (χ4n) is 19.8. The third-order valence-electron chi connectivity index (χ3n) is 24.9. The molecule has 0 spiro atoms. The lowest BCUT2D eigenvalue weighted by Gasteiger charge is -2.08. The number of imidazole rings is 5. The van der Waals surface area contributed by atoms with E-state index in [9.17, 15) is 0 Å². The molecule has 586 valence electrons. The number of furan rings is 1. The van der Waals surface area contributed by atoms with Gasteiger partial charge in [0.1, 0.15) is 47.7 Å². The second-order valence-corrected chi connectivity index (χ2v) is 32.4. The molecule has 0 atom stereocenters. The SMILES string of the molecule is Cn1c2cnccc2c2c1[n+](C)c1n2Cc2ccncc2-1.[2H]C([2H])([2H])n1c2cnccc2c2c1[n+](C)c1n2Cc2ccncc2-1.c1ccc(-n2c3[n+](c4c5ccncc5n(-c5ccccc5)c42)Cc2ccncc2-3)cc1.c1ccc(-n2c3[n+](c4c5ccncc5oc42)Cc2ccncc2-3)cc1.c1ccc(-n2c3[n+](c4c5ccncc5sc42)Cc2ccncc2-3)cc1. The smallest absolute Gasteiger partial charge is 0.344 e. The van der Waals surface area contributed by atoms with Gasteiger partial charge in [-0.25, -0.2) is 32.0 Å². The lowest BCUT2D eigenvalue weighted by atomic mass is 10.1. The third kappa shape index (κ3) is 10.2. The quantitative estimate of drug-likeness (QED) is 0.152. The zero-order valence-corrected chi connectivity index (χ0v) is 67.3. The molecule has 5 aliphatic rings. The van der Waals surface area contributed by atoms with Gasteiger partial charge >= 0.3 is 5.71 Å². The average Bonchev–Trinajstić information content (AvgIpc) is 2.52. The molecule has 0 amide bonds. The van der Waals surface area contributed by atoms with Crippen LogP contribution < -0.4 is 22.8 Å². The third-order valence-corrected chi connectivity index (χ3v) is 26.0. The largest absolute Gasteiger partial charge is 0.417 e. The van der Waals surface area contributed by atoms with E-state index in [1.54, 1.807) is 36.1 Å². The van der Waals surface area contributed by atoms with Crippen LogP contribution in [0.2, 0.25) is 0 Å². The Labute approximate surface area is 708 Å². The number of thiophene rings is 1. The van der Waals surface area contributed by atoms with Gasteiger partial charge in [-0.15, -0.1) is 0 Å². The second-order valence-electron chi connectivity index (χ2n) is 31.4. The van der Waals surface area contributed by atoms with Crippen LogP contribution in [0.4, 0.5) is 0 Å². The molecule has 25 heteroatoms. The Morgan fingerprint density at radius 2 is 0.724 bits per heavy atom. The van der Waals surface area contributed by atoms with E-state index in [0.29, 0.717) is 17.7 Å². The Balaban J connectivity index is 0.0000000863. The van der Waals surface area contributed by atoms with E-state index in [1.807, 2.05) is 147 Å². The van der Waals surface area contributed by atoms with Crippen LogP contribution in [0, 0.1) is 0 Å². The van der Waals surface area contributed by atoms with Crippen LogP contribution in [-0.4, -0.2) is 86.4 Å². The number of nitrogens with zero attached hydrogens (tertiary/aromatic N) is 23. The van der Waals surface area contributed by atoms with Crippen molar-refractivity contribution >= 4 is 120 Å². The van der Waals surface area contributed by atoms with Crippen molar-refractivity contribution in [3.8, 4) is 79.7 Å². The van der Waals surface area contributed by atoms with E-state index >= 15 is 0 Å². The van der Waals surface area contributed by atoms with Crippen LogP contribution in [0.15, 0.2) is 310 Å². The van der Waals surface area contributed by atoms with E-state index in [4.69, 9.17) is 8.53 Å². The Bertz CT molecular complexity index is 8420. The Hall–Kier alpha value is -16.2. The van der Waals surface area contributed by atoms with Crippen molar-refractivity contribution in [3.05, 3.63) is 334 Å². The van der Waals surface area contributed by atoms with Crippen LogP contribution in [-0.2, 0) is 60.8 Å². The summed E-state index contributed by atoms with van der Waals surface area (Å²) in [4.78, 5) is 44.3. The van der Waals surface area contributed by atoms with Crippen molar-refractivity contribution in [2.24, 2.45) is 28.1 Å². The summed E-state index contributed by atoms with van der Waals surface area (Å²) in [6.07, 6.45) is 37.4. The molecule has 0 unspecified atom stereocenters. The number of hydrogen-bond donors (Lipinski definition) is 0. The lowest BCUT2D eigenvalue weighted by Crippen LogP contribution is -2.31. The highest BCUT2D eigenvalue weighted by Gasteiger charge is 2.43. The fourth-order valence-corrected chi connectivity index (χ4v) is 20.9. The predicted molar refractivity (Wildman–Crippen MR) is 472 cm³/mol. The maximum absolute atomic E-state index is 7.98. The van der Waals surface area contributed by atoms with Gasteiger partial charge in [-0.2, -0.15) is 13.7 Å². The molecule has 4 aromatic carbocycles. The van der Waals surface area contributed by atoms with Crippen LogP contribution in [0.25, 0.3) is 189 Å². The van der Waals surface area contributed by atoms with Crippen molar-refractivity contribution < 1.29 is 31.4 Å². The molecule has 0 radical (unpaired) electrons. The van der Waals surface area contributed by atoms with E-state index < -0.39 is 6.98 Å². The average molecular weight is 1620 g/mol. The summed E-state index contributed by atoms with van der Waals surface area (Å²) in [5, 5.41) is 5.71. The zero-order chi connectivity index (χ0) is 83.9. The van der Waals surface area contributed by atoms with Gasteiger partial charge in [0.15, 0.2) is 22.1 Å². The number of aromatic nitrogens is 23. The van der Waals surface area contributed by atoms with Gasteiger partial charge in [0.2, 0.25) is 27.5 Å². The number of benzene rings is 4. The summed E-state index contributed by atoms with van der Waals surface area (Å²) < 4.78 is 60.2. The van der Waals surface area contributed by atoms with Crippen molar-refractivity contribution in [2.45, 2.75) is 32.7 Å². The van der Waals surface area contributed by atoms with Crippen LogP contribution in [0.3, 0.4) is 0 Å². The van der Waals surface area contributed by atoms with Crippen LogP contribution in [0.5, 0.6) is 0 Å². The first-order valence-electron chi connectivity index (χ1n) is 42.1. The lowest BCUT2D eigenvalue weighted by molar-refractivity contribution is -0.645. The number of aryl methyl sites for hydroxylation is 4. The number of para-hydroxylation sites is 4. The van der Waals surface area contributed by atoms with Gasteiger partial charge in [-0.3, -0.25) is 63.5 Å². The van der Waals surface area contributed by atoms with Crippen LogP contribution >= 0.6 is 11.3 Å². The first-order chi connectivity index (χ1) is 62.0. The Morgan fingerprint density at radius 3 is 1.25 bits per heavy atom. The van der Waals surface area contributed by atoms with Gasteiger partial charge in [0, 0.05) is 138 Å². The molecule has 24 aromatic rings. The highest BCUT2D eigenvalue weighted by molar-refractivity contribution is 7.25. The highest BCUT2D eigenvalue weighted by Crippen LogP contribution is 2.45. The summed E-state index contributed by atoms with van der Waals surface area (Å²) in [6, 6.07) is 62.7. The number of fused-ring (bicyclic) bond motifs is 35. The molecule has 24 nitrogen and oxygen atoms in total. The maximum atomic E-state index is 7.98. The van der Waals surface area contributed by atoms with Gasteiger partial charge < -0.3 is 4.42 Å². The minimum atomic E-state index is -2.28. The van der Waals surface area contributed by atoms with E-state index in [-0.39, 0.29) is 0 Å². The van der Waals surface area contributed by atoms with Gasteiger partial charge in [-0.05, 0) is 109 Å².